The van der Waals surface area contributed by atoms with E-state index in [1.165, 1.54) is 0 Å². The fraction of sp³-hybridized carbons (Fsp3) is 0.750. The van der Waals surface area contributed by atoms with Crippen LogP contribution in [0.5, 0.6) is 0 Å². The van der Waals surface area contributed by atoms with Gasteiger partial charge < -0.3 is 15.9 Å². The molecule has 0 heterocycles. The summed E-state index contributed by atoms with van der Waals surface area (Å²) in [4.78, 5) is 19.2. The Morgan fingerprint density at radius 2 is 1.86 bits per heavy atom. The van der Waals surface area contributed by atoms with Crippen molar-refractivity contribution in [3.8, 4) is 0 Å². The highest BCUT2D eigenvalue weighted by atomic mass is 32.2. The van der Waals surface area contributed by atoms with Crippen molar-refractivity contribution in [2.24, 2.45) is 5.73 Å². The van der Waals surface area contributed by atoms with Crippen LogP contribution in [0.15, 0.2) is 0 Å². The largest absolute Gasteiger partial charge is 0.481 e. The second kappa shape index (κ2) is 10.3. The van der Waals surface area contributed by atoms with Gasteiger partial charge in [0, 0.05) is 6.92 Å². The molecule has 4 N–H and O–H groups in total. The molecule has 0 aliphatic heterocycles. The molecule has 0 bridgehead atoms. The summed E-state index contributed by atoms with van der Waals surface area (Å²) in [7, 11) is 0. The third-order valence-electron chi connectivity index (χ3n) is 1.09. The number of hydrogen-bond donors (Lipinski definition) is 3. The van der Waals surface area contributed by atoms with Gasteiger partial charge >= 0.3 is 5.97 Å². The zero-order valence-electron chi connectivity index (χ0n) is 8.40. The maximum atomic E-state index is 10.2. The first-order valence-corrected chi connectivity index (χ1v) is 5.32. The lowest BCUT2D eigenvalue weighted by molar-refractivity contribution is -0.138. The normalized spacial score (nSPS) is 11.1. The summed E-state index contributed by atoms with van der Waals surface area (Å²) in [6.45, 7) is 3.12. The first-order chi connectivity index (χ1) is 6.41. The third kappa shape index (κ3) is 17.4. The second-order valence-corrected chi connectivity index (χ2v) is 3.84. The van der Waals surface area contributed by atoms with Crippen molar-refractivity contribution >= 4 is 23.7 Å². The van der Waals surface area contributed by atoms with Crippen LogP contribution < -0.4 is 5.73 Å². The first kappa shape index (κ1) is 15.7. The van der Waals surface area contributed by atoms with Gasteiger partial charge in [-0.25, -0.2) is 0 Å². The molecule has 14 heavy (non-hydrogen) atoms. The predicted molar refractivity (Wildman–Crippen MR) is 56.5 cm³/mol. The van der Waals surface area contributed by atoms with Crippen molar-refractivity contribution < 1.29 is 19.8 Å². The van der Waals surface area contributed by atoms with Crippen LogP contribution >= 0.6 is 11.8 Å². The van der Waals surface area contributed by atoms with E-state index in [1.54, 1.807) is 11.8 Å². The second-order valence-electron chi connectivity index (χ2n) is 2.45. The Morgan fingerprint density at radius 1 is 1.43 bits per heavy atom. The number of aliphatic carboxylic acids is 2. The standard InChI is InChI=1S/C6H13NO2S.C2H4O2/c1-2-10-4-3-5(7)6(8)9;1-2(3)4/h5H,2-4,7H2,1H3,(H,8,9);1H3,(H,3,4)/t5-;/m0./s1. The van der Waals surface area contributed by atoms with Gasteiger partial charge in [0.1, 0.15) is 6.04 Å². The number of hydrogen-bond acceptors (Lipinski definition) is 4. The minimum atomic E-state index is -0.906. The molecule has 0 fully saturated rings. The van der Waals surface area contributed by atoms with Crippen LogP contribution in [0.4, 0.5) is 0 Å². The van der Waals surface area contributed by atoms with Crippen LogP contribution in [0, 0.1) is 0 Å². The Labute approximate surface area is 87.7 Å². The van der Waals surface area contributed by atoms with E-state index in [2.05, 4.69) is 0 Å². The van der Waals surface area contributed by atoms with Crippen molar-refractivity contribution in [2.45, 2.75) is 26.3 Å². The molecule has 0 rings (SSSR count). The molecule has 84 valence electrons. The minimum Gasteiger partial charge on any atom is -0.481 e. The highest BCUT2D eigenvalue weighted by Crippen LogP contribution is 2.02. The van der Waals surface area contributed by atoms with E-state index < -0.39 is 18.0 Å². The number of rotatable bonds is 5. The molecule has 0 radical (unpaired) electrons. The lowest BCUT2D eigenvalue weighted by Gasteiger charge is -2.03. The van der Waals surface area contributed by atoms with Crippen molar-refractivity contribution in [3.63, 3.8) is 0 Å². The van der Waals surface area contributed by atoms with Gasteiger partial charge in [0.25, 0.3) is 5.97 Å². The molecule has 0 aromatic rings. The van der Waals surface area contributed by atoms with Crippen molar-refractivity contribution in [1.29, 1.82) is 0 Å². The fourth-order valence-corrected chi connectivity index (χ4v) is 1.19. The van der Waals surface area contributed by atoms with E-state index in [0.717, 1.165) is 18.4 Å². The van der Waals surface area contributed by atoms with Crippen LogP contribution in [0.2, 0.25) is 0 Å². The average Bonchev–Trinajstić information content (AvgIpc) is 2.03. The van der Waals surface area contributed by atoms with E-state index >= 15 is 0 Å². The van der Waals surface area contributed by atoms with Crippen molar-refractivity contribution in [3.05, 3.63) is 0 Å². The van der Waals surface area contributed by atoms with Crippen LogP contribution in [0.25, 0.3) is 0 Å². The van der Waals surface area contributed by atoms with Crippen LogP contribution in [0.1, 0.15) is 20.3 Å². The average molecular weight is 223 g/mol. The summed E-state index contributed by atoms with van der Waals surface area (Å²) in [6.07, 6.45) is 0.563. The Kier molecular flexibility index (Phi) is 11.6. The number of carboxylic acid groups (broad SMARTS) is 2. The monoisotopic (exact) mass is 223 g/mol. The zero-order chi connectivity index (χ0) is 11.6. The highest BCUT2D eigenvalue weighted by molar-refractivity contribution is 7.99. The Bertz CT molecular complexity index is 171. The number of thioether (sulfide) groups is 1. The minimum absolute atomic E-state index is 0.563. The van der Waals surface area contributed by atoms with E-state index in [9.17, 15) is 4.79 Å². The molecule has 0 saturated carbocycles. The molecule has 0 aromatic heterocycles. The topological polar surface area (TPSA) is 101 Å². The summed E-state index contributed by atoms with van der Waals surface area (Å²) >= 11 is 1.71. The van der Waals surface area contributed by atoms with Gasteiger partial charge in [-0.1, -0.05) is 6.92 Å². The fourth-order valence-electron chi connectivity index (χ4n) is 0.478. The summed E-state index contributed by atoms with van der Waals surface area (Å²) in [5.41, 5.74) is 5.24. The molecular weight excluding hydrogens is 206 g/mol. The van der Waals surface area contributed by atoms with Gasteiger partial charge in [-0.3, -0.25) is 9.59 Å². The predicted octanol–water partition coefficient (Wildman–Crippen LogP) is 0.632. The molecule has 0 aliphatic carbocycles. The molecule has 0 amide bonds. The SMILES string of the molecule is CC(=O)O.CCSCC[C@H](N)C(=O)O. The molecule has 0 saturated heterocycles. The van der Waals surface area contributed by atoms with Gasteiger partial charge in [0.15, 0.2) is 0 Å². The lowest BCUT2D eigenvalue weighted by Crippen LogP contribution is -2.30. The quantitative estimate of drug-likeness (QED) is 0.591. The van der Waals surface area contributed by atoms with Crippen LogP contribution in [0.3, 0.4) is 0 Å². The van der Waals surface area contributed by atoms with Gasteiger partial charge in [0.2, 0.25) is 0 Å². The molecular formula is C8H17NO4S. The summed E-state index contributed by atoms with van der Waals surface area (Å²) in [5.74, 6) is 0.118. The maximum absolute atomic E-state index is 10.2. The molecule has 5 nitrogen and oxygen atoms in total. The van der Waals surface area contributed by atoms with Gasteiger partial charge in [-0.05, 0) is 17.9 Å². The van der Waals surface area contributed by atoms with Crippen LogP contribution in [-0.4, -0.2) is 39.7 Å². The van der Waals surface area contributed by atoms with Gasteiger partial charge in [-0.15, -0.1) is 0 Å². The van der Waals surface area contributed by atoms with E-state index in [-0.39, 0.29) is 0 Å². The highest BCUT2D eigenvalue weighted by Gasteiger charge is 2.09. The molecule has 0 unspecified atom stereocenters. The van der Waals surface area contributed by atoms with E-state index in [1.807, 2.05) is 6.92 Å². The van der Waals surface area contributed by atoms with Gasteiger partial charge in [-0.2, -0.15) is 11.8 Å². The first-order valence-electron chi connectivity index (χ1n) is 4.17. The van der Waals surface area contributed by atoms with Crippen LogP contribution in [-0.2, 0) is 9.59 Å². The number of carbonyl (C=O) groups is 2. The summed E-state index contributed by atoms with van der Waals surface area (Å²) < 4.78 is 0. The maximum Gasteiger partial charge on any atom is 0.320 e. The third-order valence-corrected chi connectivity index (χ3v) is 2.03. The Balaban J connectivity index is 0. The molecule has 0 aromatic carbocycles. The molecule has 0 spiro atoms. The number of nitrogens with two attached hydrogens (primary N) is 1. The number of carboxylic acids is 2. The molecule has 6 heteroatoms. The lowest BCUT2D eigenvalue weighted by atomic mass is 10.2. The van der Waals surface area contributed by atoms with Crippen molar-refractivity contribution in [1.82, 2.24) is 0 Å². The Hall–Kier alpha value is -0.750. The molecule has 1 atom stereocenters. The smallest absolute Gasteiger partial charge is 0.320 e. The summed E-state index contributed by atoms with van der Waals surface area (Å²) in [5, 5.41) is 15.8. The zero-order valence-corrected chi connectivity index (χ0v) is 9.21. The van der Waals surface area contributed by atoms with Crippen molar-refractivity contribution in [2.75, 3.05) is 11.5 Å². The summed E-state index contributed by atoms with van der Waals surface area (Å²) in [6, 6.07) is -0.681. The van der Waals surface area contributed by atoms with Gasteiger partial charge in [0.05, 0.1) is 0 Å². The van der Waals surface area contributed by atoms with E-state index in [4.69, 9.17) is 20.7 Å². The molecule has 0 aliphatic rings. The Morgan fingerprint density at radius 3 is 2.14 bits per heavy atom. The van der Waals surface area contributed by atoms with E-state index in [0.29, 0.717) is 6.42 Å².